The highest BCUT2D eigenvalue weighted by Crippen LogP contribution is 2.30. The zero-order chi connectivity index (χ0) is 19.7. The van der Waals surface area contributed by atoms with E-state index < -0.39 is 11.5 Å². The Hall–Kier alpha value is -3.10. The van der Waals surface area contributed by atoms with Crippen molar-refractivity contribution in [1.29, 1.82) is 0 Å². The molecular formula is C20H19FN2O5. The molecule has 28 heavy (non-hydrogen) atoms. The first-order valence-corrected chi connectivity index (χ1v) is 8.78. The van der Waals surface area contributed by atoms with Gasteiger partial charge in [-0.2, -0.15) is 0 Å². The molecule has 1 saturated heterocycles. The highest BCUT2D eigenvalue weighted by atomic mass is 19.1. The number of amides is 1. The molecule has 2 aliphatic heterocycles. The van der Waals surface area contributed by atoms with Gasteiger partial charge in [-0.05, 0) is 48.0 Å². The van der Waals surface area contributed by atoms with Crippen molar-refractivity contribution in [3.8, 4) is 11.5 Å². The van der Waals surface area contributed by atoms with Crippen LogP contribution in [0.5, 0.6) is 11.5 Å². The highest BCUT2D eigenvalue weighted by Gasteiger charge is 2.41. The molecule has 1 atom stereocenters. The lowest BCUT2D eigenvalue weighted by Crippen LogP contribution is -2.46. The third-order valence-electron chi connectivity index (χ3n) is 4.74. The third-order valence-corrected chi connectivity index (χ3v) is 4.74. The first kappa shape index (κ1) is 18.3. The van der Waals surface area contributed by atoms with E-state index in [4.69, 9.17) is 9.57 Å². The predicted octanol–water partition coefficient (Wildman–Crippen LogP) is 2.02. The number of ether oxygens (including phenoxy) is 1. The number of halogens is 1. The van der Waals surface area contributed by atoms with E-state index in [1.54, 1.807) is 12.1 Å². The van der Waals surface area contributed by atoms with Crippen molar-refractivity contribution in [1.82, 2.24) is 10.4 Å². The molecule has 3 N–H and O–H groups in total. The van der Waals surface area contributed by atoms with E-state index in [1.165, 1.54) is 29.2 Å². The summed E-state index contributed by atoms with van der Waals surface area (Å²) >= 11 is 0. The largest absolute Gasteiger partial charge is 0.508 e. The number of phenols is 2. The summed E-state index contributed by atoms with van der Waals surface area (Å²) in [5.74, 6) is -1.15. The van der Waals surface area contributed by atoms with Gasteiger partial charge in [0.1, 0.15) is 17.3 Å². The van der Waals surface area contributed by atoms with Crippen LogP contribution >= 0.6 is 0 Å². The Morgan fingerprint density at radius 1 is 1.18 bits per heavy atom. The van der Waals surface area contributed by atoms with Gasteiger partial charge in [0.05, 0.1) is 31.0 Å². The maximum absolute atomic E-state index is 13.2. The number of hydrogen-bond donors (Lipinski definition) is 3. The smallest absolute Gasteiger partial charge is 0.257 e. The van der Waals surface area contributed by atoms with Gasteiger partial charge in [-0.25, -0.2) is 4.39 Å². The van der Waals surface area contributed by atoms with Crippen LogP contribution in [0.2, 0.25) is 0 Å². The van der Waals surface area contributed by atoms with Crippen molar-refractivity contribution in [3.05, 3.63) is 65.5 Å². The summed E-state index contributed by atoms with van der Waals surface area (Å²) in [7, 11) is 0. The van der Waals surface area contributed by atoms with Crippen LogP contribution in [0.3, 0.4) is 0 Å². The second-order valence-corrected chi connectivity index (χ2v) is 6.81. The monoisotopic (exact) mass is 386 g/mol. The van der Waals surface area contributed by atoms with Crippen LogP contribution in [0.1, 0.15) is 15.9 Å². The van der Waals surface area contributed by atoms with Crippen LogP contribution in [-0.4, -0.2) is 52.9 Å². The second-order valence-electron chi connectivity index (χ2n) is 6.81. The minimum absolute atomic E-state index is 0.0866. The first-order chi connectivity index (χ1) is 13.5. The Morgan fingerprint density at radius 3 is 2.71 bits per heavy atom. The Labute approximate surface area is 160 Å². The van der Waals surface area contributed by atoms with Gasteiger partial charge in [0.15, 0.2) is 5.60 Å². The van der Waals surface area contributed by atoms with Crippen LogP contribution in [-0.2, 0) is 9.57 Å². The van der Waals surface area contributed by atoms with Crippen molar-refractivity contribution in [2.75, 3.05) is 26.3 Å². The van der Waals surface area contributed by atoms with Gasteiger partial charge in [0, 0.05) is 12.6 Å². The van der Waals surface area contributed by atoms with E-state index >= 15 is 0 Å². The molecular weight excluding hydrogens is 367 g/mol. The molecule has 1 amide bonds. The fourth-order valence-electron chi connectivity index (χ4n) is 3.31. The summed E-state index contributed by atoms with van der Waals surface area (Å²) in [6.07, 6.45) is 1.82. The second kappa shape index (κ2) is 7.14. The molecule has 4 rings (SSSR count). The Bertz CT molecular complexity index is 931. The Kier molecular flexibility index (Phi) is 4.66. The normalized spacial score (nSPS) is 21.9. The molecule has 146 valence electrons. The summed E-state index contributed by atoms with van der Waals surface area (Å²) in [5.41, 5.74) is 3.41. The maximum atomic E-state index is 13.2. The summed E-state index contributed by atoms with van der Waals surface area (Å²) < 4.78 is 18.8. The average molecular weight is 386 g/mol. The molecule has 1 fully saturated rings. The number of rotatable bonds is 2. The zero-order valence-corrected chi connectivity index (χ0v) is 14.9. The van der Waals surface area contributed by atoms with Gasteiger partial charge in [0.25, 0.3) is 5.91 Å². The zero-order valence-electron chi connectivity index (χ0n) is 14.9. The molecule has 0 bridgehead atoms. The Morgan fingerprint density at radius 2 is 1.96 bits per heavy atom. The standard InChI is InChI=1S/C20H19FN2O5/c21-14-3-1-13(2-4-14)17-10-20(28-22-17)11-23(7-8-27-12-20)19(26)16-6-5-15(24)9-18(16)25/h1-6,9-10,22,24-25H,7-8,11-12H2. The van der Waals surface area contributed by atoms with E-state index in [9.17, 15) is 19.4 Å². The summed E-state index contributed by atoms with van der Waals surface area (Å²) in [4.78, 5) is 20.2. The highest BCUT2D eigenvalue weighted by molar-refractivity contribution is 5.97. The van der Waals surface area contributed by atoms with Gasteiger partial charge in [-0.1, -0.05) is 0 Å². The summed E-state index contributed by atoms with van der Waals surface area (Å²) in [5, 5.41) is 19.4. The predicted molar refractivity (Wildman–Crippen MR) is 97.8 cm³/mol. The van der Waals surface area contributed by atoms with E-state index in [0.717, 1.165) is 11.6 Å². The SMILES string of the molecule is O=C(c1ccc(O)cc1O)N1CCOCC2(C=C(c3ccc(F)cc3)NO2)C1. The lowest BCUT2D eigenvalue weighted by molar-refractivity contribution is -0.0764. The van der Waals surface area contributed by atoms with E-state index in [-0.39, 0.29) is 36.0 Å². The molecule has 8 heteroatoms. The molecule has 2 aromatic carbocycles. The van der Waals surface area contributed by atoms with Gasteiger partial charge >= 0.3 is 0 Å². The molecule has 0 radical (unpaired) electrons. The Balaban J connectivity index is 1.59. The molecule has 2 aliphatic rings. The van der Waals surface area contributed by atoms with Crippen molar-refractivity contribution in [3.63, 3.8) is 0 Å². The molecule has 2 aromatic rings. The minimum Gasteiger partial charge on any atom is -0.508 e. The number of carbonyl (C=O) groups is 1. The number of benzene rings is 2. The van der Waals surface area contributed by atoms with Crippen LogP contribution in [0, 0.1) is 5.82 Å². The summed E-state index contributed by atoms with van der Waals surface area (Å²) in [6.45, 7) is 1.07. The third kappa shape index (κ3) is 3.51. The fourth-order valence-corrected chi connectivity index (χ4v) is 3.31. The number of hydroxylamine groups is 1. The van der Waals surface area contributed by atoms with Gasteiger partial charge in [-0.15, -0.1) is 0 Å². The van der Waals surface area contributed by atoms with Crippen molar-refractivity contribution < 1.29 is 29.0 Å². The lowest BCUT2D eigenvalue weighted by atomic mass is 10.0. The fraction of sp³-hybridized carbons (Fsp3) is 0.250. The van der Waals surface area contributed by atoms with Crippen LogP contribution in [0.15, 0.2) is 48.5 Å². The van der Waals surface area contributed by atoms with Crippen LogP contribution < -0.4 is 5.48 Å². The number of hydrogen-bond acceptors (Lipinski definition) is 6. The van der Waals surface area contributed by atoms with Crippen molar-refractivity contribution in [2.24, 2.45) is 0 Å². The molecule has 0 aliphatic carbocycles. The lowest BCUT2D eigenvalue weighted by Gasteiger charge is -2.28. The molecule has 1 unspecified atom stereocenters. The van der Waals surface area contributed by atoms with E-state index in [2.05, 4.69) is 5.48 Å². The minimum atomic E-state index is -0.914. The quantitative estimate of drug-likeness (QED) is 0.732. The van der Waals surface area contributed by atoms with Gasteiger partial charge in [0.2, 0.25) is 0 Å². The summed E-state index contributed by atoms with van der Waals surface area (Å²) in [6, 6.07) is 9.82. The average Bonchev–Trinajstić information content (AvgIpc) is 2.96. The number of nitrogens with zero attached hydrogens (tertiary/aromatic N) is 1. The van der Waals surface area contributed by atoms with Crippen molar-refractivity contribution in [2.45, 2.75) is 5.60 Å². The van der Waals surface area contributed by atoms with Gasteiger partial charge in [-0.3, -0.25) is 15.1 Å². The molecule has 0 aromatic heterocycles. The van der Waals surface area contributed by atoms with Crippen LogP contribution in [0.4, 0.5) is 4.39 Å². The molecule has 1 spiro atoms. The van der Waals surface area contributed by atoms with Crippen molar-refractivity contribution >= 4 is 11.6 Å². The van der Waals surface area contributed by atoms with Gasteiger partial charge < -0.3 is 19.8 Å². The van der Waals surface area contributed by atoms with E-state index in [0.29, 0.717) is 18.8 Å². The van der Waals surface area contributed by atoms with E-state index in [1.807, 2.05) is 6.08 Å². The molecule has 7 nitrogen and oxygen atoms in total. The molecule has 2 heterocycles. The number of nitrogens with one attached hydrogen (secondary N) is 1. The maximum Gasteiger partial charge on any atom is 0.257 e. The number of phenolic OH excluding ortho intramolecular Hbond substituents is 2. The number of aromatic hydroxyl groups is 2. The topological polar surface area (TPSA) is 91.3 Å². The van der Waals surface area contributed by atoms with Crippen LogP contribution in [0.25, 0.3) is 5.70 Å². The first-order valence-electron chi connectivity index (χ1n) is 8.78. The molecule has 0 saturated carbocycles. The number of carbonyl (C=O) groups excluding carboxylic acids is 1.